The number of anilines is 1. The lowest BCUT2D eigenvalue weighted by molar-refractivity contribution is -0.145. The van der Waals surface area contributed by atoms with E-state index in [0.717, 1.165) is 4.68 Å². The highest BCUT2D eigenvalue weighted by Gasteiger charge is 2.37. The van der Waals surface area contributed by atoms with Crippen molar-refractivity contribution in [1.82, 2.24) is 40.3 Å². The van der Waals surface area contributed by atoms with E-state index in [0.29, 0.717) is 21.1 Å². The van der Waals surface area contributed by atoms with Crippen molar-refractivity contribution in [2.24, 2.45) is 0 Å². The molecule has 17 heteroatoms. The molecule has 0 saturated heterocycles. The van der Waals surface area contributed by atoms with Gasteiger partial charge in [-0.2, -0.15) is 34.8 Å². The molecule has 0 spiro atoms. The number of aromatic nitrogens is 7. The topological polar surface area (TPSA) is 133 Å². The highest BCUT2D eigenvalue weighted by Crippen LogP contribution is 2.28. The first-order chi connectivity index (χ1) is 19.4. The van der Waals surface area contributed by atoms with Crippen molar-refractivity contribution in [2.75, 3.05) is 17.3 Å². The highest BCUT2D eigenvalue weighted by atomic mass is 35.5. The van der Waals surface area contributed by atoms with Crippen LogP contribution in [-0.4, -0.2) is 64.8 Å². The van der Waals surface area contributed by atoms with Crippen LogP contribution in [-0.2, 0) is 12.7 Å². The van der Waals surface area contributed by atoms with Gasteiger partial charge in [-0.3, -0.25) is 9.59 Å². The van der Waals surface area contributed by atoms with Crippen LogP contribution < -0.4 is 10.6 Å². The Balaban J connectivity index is 1.71. The van der Waals surface area contributed by atoms with Gasteiger partial charge in [0.25, 0.3) is 17.6 Å². The lowest BCUT2D eigenvalue weighted by Gasteiger charge is -2.17. The Morgan fingerprint density at radius 1 is 1.15 bits per heavy atom. The van der Waals surface area contributed by atoms with Gasteiger partial charge in [0.05, 0.1) is 22.0 Å². The molecule has 3 heterocycles. The fraction of sp³-hybridized carbons (Fsp3) is 0.292. The molecule has 0 saturated carbocycles. The van der Waals surface area contributed by atoms with Crippen LogP contribution in [0.4, 0.5) is 18.9 Å². The molecular weight excluding hydrogens is 606 g/mol. The Kier molecular flexibility index (Phi) is 9.19. The van der Waals surface area contributed by atoms with Crippen molar-refractivity contribution < 1.29 is 22.8 Å². The lowest BCUT2D eigenvalue weighted by Crippen LogP contribution is -2.35. The van der Waals surface area contributed by atoms with Gasteiger partial charge in [0.2, 0.25) is 0 Å². The minimum atomic E-state index is -4.78. The number of halogens is 5. The SMILES string of the molecule is CSC[C@H](C)NC(=O)c1cc(Cl)cc(C)c1NC(=O)c1cc(Cn2nnc(C(F)(F)F)n2)nn1-c1ncccc1Cl. The first-order valence-corrected chi connectivity index (χ1v) is 14.0. The number of thioether (sulfide) groups is 1. The number of amides is 2. The van der Waals surface area contributed by atoms with Gasteiger partial charge < -0.3 is 10.6 Å². The molecule has 41 heavy (non-hydrogen) atoms. The first kappa shape index (κ1) is 30.3. The Hall–Kier alpha value is -3.69. The van der Waals surface area contributed by atoms with E-state index in [4.69, 9.17) is 23.2 Å². The summed E-state index contributed by atoms with van der Waals surface area (Å²) in [6, 6.07) is 7.31. The number of benzene rings is 1. The summed E-state index contributed by atoms with van der Waals surface area (Å²) in [7, 11) is 0. The van der Waals surface area contributed by atoms with Gasteiger partial charge in [-0.1, -0.05) is 23.2 Å². The number of pyridine rings is 1. The van der Waals surface area contributed by atoms with Crippen LogP contribution in [0.3, 0.4) is 0 Å². The van der Waals surface area contributed by atoms with Crippen molar-refractivity contribution in [3.05, 3.63) is 74.9 Å². The van der Waals surface area contributed by atoms with E-state index in [2.05, 4.69) is 36.1 Å². The standard InChI is InChI=1S/C24H22Cl2F3N9O2S/c1-12-7-14(25)8-16(21(39)31-13(2)11-41-3)19(12)32-22(40)18-9-15(10-37-35-23(33-36-37)24(27,28)29)34-38(18)20-17(26)5-4-6-30-20/h4-9,13H,10-11H2,1-3H3,(H,31,39)(H,32,40)/t13-/m0/s1. The Morgan fingerprint density at radius 3 is 2.56 bits per heavy atom. The summed E-state index contributed by atoms with van der Waals surface area (Å²) in [5.74, 6) is -1.80. The summed E-state index contributed by atoms with van der Waals surface area (Å²) in [6.45, 7) is 3.18. The van der Waals surface area contributed by atoms with E-state index in [1.54, 1.807) is 30.8 Å². The normalized spacial score (nSPS) is 12.3. The number of carbonyl (C=O) groups excluding carboxylic acids is 2. The number of rotatable bonds is 9. The van der Waals surface area contributed by atoms with Crippen LogP contribution in [0.2, 0.25) is 10.0 Å². The van der Waals surface area contributed by atoms with E-state index in [9.17, 15) is 22.8 Å². The molecule has 2 amide bonds. The molecular formula is C24H22Cl2F3N9O2S. The van der Waals surface area contributed by atoms with Crippen LogP contribution in [0.25, 0.3) is 5.82 Å². The molecule has 0 aliphatic carbocycles. The van der Waals surface area contributed by atoms with Crippen LogP contribution in [0.1, 0.15) is 44.9 Å². The molecule has 0 aliphatic rings. The highest BCUT2D eigenvalue weighted by molar-refractivity contribution is 7.98. The van der Waals surface area contributed by atoms with E-state index in [1.807, 2.05) is 13.2 Å². The number of aryl methyl sites for hydroxylation is 1. The number of alkyl halides is 3. The maximum atomic E-state index is 13.6. The van der Waals surface area contributed by atoms with Crippen molar-refractivity contribution >= 4 is 52.5 Å². The molecule has 0 radical (unpaired) electrons. The summed E-state index contributed by atoms with van der Waals surface area (Å²) >= 11 is 14.1. The predicted molar refractivity (Wildman–Crippen MR) is 148 cm³/mol. The minimum Gasteiger partial charge on any atom is -0.349 e. The molecule has 4 aromatic rings. The maximum Gasteiger partial charge on any atom is 0.455 e. The molecule has 0 unspecified atom stereocenters. The Labute approximate surface area is 245 Å². The van der Waals surface area contributed by atoms with Gasteiger partial charge in [-0.15, -0.1) is 10.2 Å². The van der Waals surface area contributed by atoms with Crippen LogP contribution in [0, 0.1) is 6.92 Å². The number of carbonyl (C=O) groups is 2. The van der Waals surface area contributed by atoms with Gasteiger partial charge >= 0.3 is 6.18 Å². The van der Waals surface area contributed by atoms with Crippen molar-refractivity contribution in [2.45, 2.75) is 32.6 Å². The summed E-state index contributed by atoms with van der Waals surface area (Å²) in [5, 5.41) is 20.1. The summed E-state index contributed by atoms with van der Waals surface area (Å²) in [6.07, 6.45) is -1.44. The van der Waals surface area contributed by atoms with Crippen molar-refractivity contribution in [3.8, 4) is 5.82 Å². The second kappa shape index (κ2) is 12.4. The van der Waals surface area contributed by atoms with E-state index in [1.165, 1.54) is 24.4 Å². The van der Waals surface area contributed by atoms with E-state index in [-0.39, 0.29) is 46.1 Å². The first-order valence-electron chi connectivity index (χ1n) is 11.8. The number of nitrogens with zero attached hydrogens (tertiary/aromatic N) is 7. The average Bonchev–Trinajstić information content (AvgIpc) is 3.53. The van der Waals surface area contributed by atoms with Crippen LogP contribution in [0.5, 0.6) is 0 Å². The minimum absolute atomic E-state index is 0.0757. The van der Waals surface area contributed by atoms with Crippen molar-refractivity contribution in [1.29, 1.82) is 0 Å². The summed E-state index contributed by atoms with van der Waals surface area (Å²) in [4.78, 5) is 31.6. The fourth-order valence-electron chi connectivity index (χ4n) is 3.79. The molecule has 1 aromatic carbocycles. The molecule has 2 N–H and O–H groups in total. The zero-order valence-corrected chi connectivity index (χ0v) is 24.0. The molecule has 216 valence electrons. The summed E-state index contributed by atoms with van der Waals surface area (Å²) in [5.41, 5.74) is 0.905. The third kappa shape index (κ3) is 7.15. The second-order valence-electron chi connectivity index (χ2n) is 8.81. The molecule has 0 bridgehead atoms. The van der Waals surface area contributed by atoms with Crippen LogP contribution in [0.15, 0.2) is 36.5 Å². The third-order valence-electron chi connectivity index (χ3n) is 5.52. The largest absolute Gasteiger partial charge is 0.455 e. The van der Waals surface area contributed by atoms with Gasteiger partial charge in [0.1, 0.15) is 12.2 Å². The van der Waals surface area contributed by atoms with Gasteiger partial charge in [0, 0.05) is 23.0 Å². The number of tetrazole rings is 1. The van der Waals surface area contributed by atoms with Gasteiger partial charge in [-0.05, 0) is 61.2 Å². The predicted octanol–water partition coefficient (Wildman–Crippen LogP) is 4.67. The number of nitrogens with one attached hydrogen (secondary N) is 2. The summed E-state index contributed by atoms with van der Waals surface area (Å²) < 4.78 is 39.9. The molecule has 11 nitrogen and oxygen atoms in total. The van der Waals surface area contributed by atoms with Crippen LogP contribution >= 0.6 is 35.0 Å². The molecule has 0 fully saturated rings. The Bertz CT molecular complexity index is 1590. The molecule has 4 rings (SSSR count). The molecule has 0 aliphatic heterocycles. The maximum absolute atomic E-state index is 13.6. The molecule has 1 atom stereocenters. The lowest BCUT2D eigenvalue weighted by atomic mass is 10.1. The zero-order chi connectivity index (χ0) is 29.9. The van der Waals surface area contributed by atoms with E-state index < -0.39 is 23.8 Å². The monoisotopic (exact) mass is 627 g/mol. The molecule has 3 aromatic heterocycles. The Morgan fingerprint density at radius 2 is 1.90 bits per heavy atom. The third-order valence-corrected chi connectivity index (χ3v) is 6.87. The zero-order valence-electron chi connectivity index (χ0n) is 21.7. The average molecular weight is 628 g/mol. The van der Waals surface area contributed by atoms with Gasteiger partial charge in [-0.25, -0.2) is 9.67 Å². The quantitative estimate of drug-likeness (QED) is 0.274. The second-order valence-corrected chi connectivity index (χ2v) is 10.6. The van der Waals surface area contributed by atoms with Crippen molar-refractivity contribution in [3.63, 3.8) is 0 Å². The number of hydrogen-bond acceptors (Lipinski definition) is 8. The van der Waals surface area contributed by atoms with Gasteiger partial charge in [0.15, 0.2) is 5.82 Å². The van der Waals surface area contributed by atoms with E-state index >= 15 is 0 Å². The number of hydrogen-bond donors (Lipinski definition) is 2. The fourth-order valence-corrected chi connectivity index (χ4v) is 4.85. The smallest absolute Gasteiger partial charge is 0.349 e.